The fraction of sp³-hybridized carbons (Fsp3) is 0.444. The van der Waals surface area contributed by atoms with Gasteiger partial charge >= 0.3 is 0 Å². The van der Waals surface area contributed by atoms with E-state index >= 15 is 0 Å². The van der Waals surface area contributed by atoms with E-state index in [0.29, 0.717) is 6.04 Å². The van der Waals surface area contributed by atoms with Gasteiger partial charge in [0.1, 0.15) is 0 Å². The second-order valence-electron chi connectivity index (χ2n) is 6.12. The van der Waals surface area contributed by atoms with Crippen LogP contribution in [0.25, 0.3) is 0 Å². The van der Waals surface area contributed by atoms with Crippen LogP contribution >= 0.6 is 11.3 Å². The molecule has 0 radical (unpaired) electrons. The number of hydrogen-bond donors (Lipinski definition) is 1. The third-order valence-electron chi connectivity index (χ3n) is 4.25. The minimum absolute atomic E-state index is 0.435. The summed E-state index contributed by atoms with van der Waals surface area (Å²) in [6.45, 7) is 5.61. The molecule has 0 saturated carbocycles. The fourth-order valence-electron chi connectivity index (χ4n) is 3.12. The van der Waals surface area contributed by atoms with Gasteiger partial charge < -0.3 is 15.4 Å². The normalized spacial score (nSPS) is 17.5. The Balaban J connectivity index is 1.67. The predicted octanol–water partition coefficient (Wildman–Crippen LogP) is 2.84. The largest absolute Gasteiger partial charge is 0.399 e. The summed E-state index contributed by atoms with van der Waals surface area (Å²) in [5, 5.41) is 2.17. The van der Waals surface area contributed by atoms with Gasteiger partial charge in [0.2, 0.25) is 0 Å². The van der Waals surface area contributed by atoms with Gasteiger partial charge in [-0.3, -0.25) is 4.90 Å². The lowest BCUT2D eigenvalue weighted by Crippen LogP contribution is -2.42. The second kappa shape index (κ2) is 7.93. The van der Waals surface area contributed by atoms with Crippen LogP contribution in [0.2, 0.25) is 0 Å². The molecule has 0 aliphatic carbocycles. The fourth-order valence-corrected chi connectivity index (χ4v) is 3.97. The summed E-state index contributed by atoms with van der Waals surface area (Å²) >= 11 is 1.85. The third kappa shape index (κ3) is 4.54. The van der Waals surface area contributed by atoms with Gasteiger partial charge in [-0.2, -0.15) is 0 Å². The summed E-state index contributed by atoms with van der Waals surface area (Å²) in [6.07, 6.45) is 0. The number of thiophene rings is 1. The zero-order chi connectivity index (χ0) is 16.1. The number of ether oxygens (including phenoxy) is 1. The van der Waals surface area contributed by atoms with Crippen molar-refractivity contribution in [3.05, 3.63) is 52.2 Å². The minimum Gasteiger partial charge on any atom is -0.399 e. The van der Waals surface area contributed by atoms with Crippen molar-refractivity contribution in [1.82, 2.24) is 9.80 Å². The van der Waals surface area contributed by atoms with E-state index in [1.165, 1.54) is 10.4 Å². The summed E-state index contributed by atoms with van der Waals surface area (Å²) in [4.78, 5) is 6.37. The first kappa shape index (κ1) is 16.5. The standard InChI is InChI=1S/C18H25N3OS/c1-20(13-15-4-2-5-16(19)12-15)14-17(18-6-3-11-23-18)21-7-9-22-10-8-21/h2-6,11-12,17H,7-10,13-14,19H2,1H3. The van der Waals surface area contributed by atoms with Gasteiger partial charge in [-0.05, 0) is 36.2 Å². The molecule has 2 N–H and O–H groups in total. The van der Waals surface area contributed by atoms with Gasteiger partial charge in [-0.15, -0.1) is 11.3 Å². The second-order valence-corrected chi connectivity index (χ2v) is 7.10. The minimum atomic E-state index is 0.435. The van der Waals surface area contributed by atoms with Crippen LogP contribution in [-0.2, 0) is 11.3 Å². The highest BCUT2D eigenvalue weighted by Gasteiger charge is 2.24. The molecule has 1 unspecified atom stereocenters. The molecule has 2 heterocycles. The first-order valence-electron chi connectivity index (χ1n) is 8.10. The number of nitrogens with two attached hydrogens (primary N) is 1. The van der Waals surface area contributed by atoms with Crippen molar-refractivity contribution in [3.63, 3.8) is 0 Å². The van der Waals surface area contributed by atoms with Crippen LogP contribution in [0.1, 0.15) is 16.5 Å². The van der Waals surface area contributed by atoms with Crippen molar-refractivity contribution in [2.75, 3.05) is 45.6 Å². The predicted molar refractivity (Wildman–Crippen MR) is 96.6 cm³/mol. The molecule has 1 saturated heterocycles. The Morgan fingerprint density at radius 1 is 1.26 bits per heavy atom. The first-order chi connectivity index (χ1) is 11.2. The van der Waals surface area contributed by atoms with Crippen molar-refractivity contribution in [1.29, 1.82) is 0 Å². The van der Waals surface area contributed by atoms with Crippen LogP contribution in [0.3, 0.4) is 0 Å². The molecular formula is C18H25N3OS. The van der Waals surface area contributed by atoms with E-state index in [4.69, 9.17) is 10.5 Å². The van der Waals surface area contributed by atoms with Crippen LogP contribution in [0.4, 0.5) is 5.69 Å². The number of nitrogen functional groups attached to an aromatic ring is 1. The number of hydrogen-bond acceptors (Lipinski definition) is 5. The van der Waals surface area contributed by atoms with Gasteiger partial charge in [-0.25, -0.2) is 0 Å². The van der Waals surface area contributed by atoms with Gasteiger partial charge in [0.25, 0.3) is 0 Å². The maximum Gasteiger partial charge on any atom is 0.0594 e. The quantitative estimate of drug-likeness (QED) is 0.827. The molecule has 1 atom stereocenters. The van der Waals surface area contributed by atoms with Crippen LogP contribution < -0.4 is 5.73 Å². The number of nitrogens with zero attached hydrogens (tertiary/aromatic N) is 2. The summed E-state index contributed by atoms with van der Waals surface area (Å²) in [5.74, 6) is 0. The average Bonchev–Trinajstić information content (AvgIpc) is 3.07. The molecule has 124 valence electrons. The van der Waals surface area contributed by atoms with Crippen molar-refractivity contribution < 1.29 is 4.74 Å². The van der Waals surface area contributed by atoms with Crippen LogP contribution in [-0.4, -0.2) is 49.7 Å². The molecule has 1 aliphatic rings. The number of likely N-dealkylation sites (N-methyl/N-ethyl adjacent to an activating group) is 1. The van der Waals surface area contributed by atoms with E-state index in [2.05, 4.69) is 46.5 Å². The molecule has 0 spiro atoms. The first-order valence-corrected chi connectivity index (χ1v) is 8.98. The van der Waals surface area contributed by atoms with E-state index in [9.17, 15) is 0 Å². The maximum absolute atomic E-state index is 5.89. The molecule has 1 aromatic carbocycles. The Hall–Kier alpha value is -1.40. The van der Waals surface area contributed by atoms with Crippen molar-refractivity contribution in [2.24, 2.45) is 0 Å². The van der Waals surface area contributed by atoms with Crippen LogP contribution in [0.5, 0.6) is 0 Å². The molecule has 0 amide bonds. The highest BCUT2D eigenvalue weighted by molar-refractivity contribution is 7.10. The zero-order valence-electron chi connectivity index (χ0n) is 13.6. The van der Waals surface area contributed by atoms with Crippen molar-refractivity contribution in [3.8, 4) is 0 Å². The Morgan fingerprint density at radius 2 is 2.09 bits per heavy atom. The monoisotopic (exact) mass is 331 g/mol. The lowest BCUT2D eigenvalue weighted by atomic mass is 10.1. The number of rotatable bonds is 6. The summed E-state index contributed by atoms with van der Waals surface area (Å²) in [6, 6.07) is 13.0. The van der Waals surface area contributed by atoms with Crippen LogP contribution in [0.15, 0.2) is 41.8 Å². The van der Waals surface area contributed by atoms with Crippen molar-refractivity contribution in [2.45, 2.75) is 12.6 Å². The Kier molecular flexibility index (Phi) is 5.67. The summed E-state index contributed by atoms with van der Waals surface area (Å²) < 4.78 is 5.52. The molecule has 1 aliphatic heterocycles. The highest BCUT2D eigenvalue weighted by Crippen LogP contribution is 2.27. The van der Waals surface area contributed by atoms with E-state index < -0.39 is 0 Å². The van der Waals surface area contributed by atoms with Gasteiger partial charge in [0.05, 0.1) is 19.3 Å². The SMILES string of the molecule is CN(Cc1cccc(N)c1)CC(c1cccs1)N1CCOCC1. The third-order valence-corrected chi connectivity index (χ3v) is 5.22. The Labute approximate surface area is 142 Å². The zero-order valence-corrected chi connectivity index (χ0v) is 14.5. The highest BCUT2D eigenvalue weighted by atomic mass is 32.1. The molecular weight excluding hydrogens is 306 g/mol. The molecule has 2 aromatic rings. The van der Waals surface area contributed by atoms with Gasteiger partial charge in [0.15, 0.2) is 0 Å². The summed E-state index contributed by atoms with van der Waals surface area (Å²) in [5.41, 5.74) is 7.99. The van der Waals surface area contributed by atoms with E-state index in [0.717, 1.165) is 45.1 Å². The number of anilines is 1. The maximum atomic E-state index is 5.89. The molecule has 1 aromatic heterocycles. The van der Waals surface area contributed by atoms with E-state index in [-0.39, 0.29) is 0 Å². The van der Waals surface area contributed by atoms with Crippen molar-refractivity contribution >= 4 is 17.0 Å². The molecule has 1 fully saturated rings. The van der Waals surface area contributed by atoms with Gasteiger partial charge in [0, 0.05) is 36.7 Å². The molecule has 0 bridgehead atoms. The topological polar surface area (TPSA) is 41.7 Å². The van der Waals surface area contributed by atoms with E-state index in [1.54, 1.807) is 0 Å². The smallest absolute Gasteiger partial charge is 0.0594 e. The van der Waals surface area contributed by atoms with Gasteiger partial charge in [-0.1, -0.05) is 18.2 Å². The molecule has 4 nitrogen and oxygen atoms in total. The average molecular weight is 331 g/mol. The Bertz CT molecular complexity index is 596. The lowest BCUT2D eigenvalue weighted by Gasteiger charge is -2.36. The van der Waals surface area contributed by atoms with E-state index in [1.807, 2.05) is 23.5 Å². The molecule has 5 heteroatoms. The Morgan fingerprint density at radius 3 is 2.78 bits per heavy atom. The molecule has 3 rings (SSSR count). The molecule has 23 heavy (non-hydrogen) atoms. The lowest BCUT2D eigenvalue weighted by molar-refractivity contribution is 0.00964. The van der Waals surface area contributed by atoms with Crippen LogP contribution in [0, 0.1) is 0 Å². The summed E-state index contributed by atoms with van der Waals surface area (Å²) in [7, 11) is 2.18. The number of morpholine rings is 1. The number of benzene rings is 1.